The van der Waals surface area contributed by atoms with Crippen LogP contribution in [0.2, 0.25) is 10.0 Å². The van der Waals surface area contributed by atoms with Gasteiger partial charge in [0, 0.05) is 24.7 Å². The highest BCUT2D eigenvalue weighted by atomic mass is 35.5. The fourth-order valence-corrected chi connectivity index (χ4v) is 2.56. The summed E-state index contributed by atoms with van der Waals surface area (Å²) in [6.45, 7) is 3.34. The van der Waals surface area contributed by atoms with Crippen molar-refractivity contribution in [1.29, 1.82) is 0 Å². The van der Waals surface area contributed by atoms with Crippen molar-refractivity contribution in [2.24, 2.45) is 0 Å². The molecule has 1 fully saturated rings. The lowest BCUT2D eigenvalue weighted by Gasteiger charge is -2.32. The third kappa shape index (κ3) is 3.45. The highest BCUT2D eigenvalue weighted by Gasteiger charge is 2.27. The maximum atomic E-state index is 12.4. The van der Waals surface area contributed by atoms with E-state index < -0.39 is 4.92 Å². The second kappa shape index (κ2) is 6.60. The van der Waals surface area contributed by atoms with Crippen LogP contribution in [0.15, 0.2) is 12.1 Å². The Labute approximate surface area is 131 Å². The molecule has 1 unspecified atom stereocenters. The number of carbonyl (C=O) groups is 1. The normalized spacial score (nSPS) is 18.6. The zero-order chi connectivity index (χ0) is 15.6. The minimum Gasteiger partial charge on any atom is -0.375 e. The van der Waals surface area contributed by atoms with Crippen LogP contribution in [0, 0.1) is 10.1 Å². The van der Waals surface area contributed by atoms with Gasteiger partial charge < -0.3 is 9.64 Å². The molecule has 114 valence electrons. The summed E-state index contributed by atoms with van der Waals surface area (Å²) in [5, 5.41) is 10.8. The molecule has 0 aliphatic carbocycles. The van der Waals surface area contributed by atoms with Gasteiger partial charge in [-0.2, -0.15) is 0 Å². The molecule has 0 spiro atoms. The molecule has 0 N–H and O–H groups in total. The molecule has 1 heterocycles. The van der Waals surface area contributed by atoms with Crippen LogP contribution < -0.4 is 0 Å². The summed E-state index contributed by atoms with van der Waals surface area (Å²) in [7, 11) is 0. The number of ether oxygens (including phenoxy) is 1. The van der Waals surface area contributed by atoms with Crippen molar-refractivity contribution in [3.8, 4) is 0 Å². The predicted octanol–water partition coefficient (Wildman–Crippen LogP) is 3.15. The van der Waals surface area contributed by atoms with Crippen molar-refractivity contribution in [3.63, 3.8) is 0 Å². The van der Waals surface area contributed by atoms with E-state index >= 15 is 0 Å². The Morgan fingerprint density at radius 2 is 2.24 bits per heavy atom. The van der Waals surface area contributed by atoms with E-state index in [0.29, 0.717) is 19.7 Å². The summed E-state index contributed by atoms with van der Waals surface area (Å²) >= 11 is 11.6. The molecular weight excluding hydrogens is 319 g/mol. The van der Waals surface area contributed by atoms with Crippen LogP contribution in [0.25, 0.3) is 0 Å². The molecule has 1 amide bonds. The average Bonchev–Trinajstić information content (AvgIpc) is 2.48. The molecule has 0 aromatic heterocycles. The first-order chi connectivity index (χ1) is 9.93. The quantitative estimate of drug-likeness (QED) is 0.629. The Morgan fingerprint density at radius 3 is 2.86 bits per heavy atom. The first-order valence-electron chi connectivity index (χ1n) is 6.48. The van der Waals surface area contributed by atoms with Gasteiger partial charge in [-0.1, -0.05) is 30.1 Å². The number of benzene rings is 1. The smallest absolute Gasteiger partial charge is 0.290 e. The van der Waals surface area contributed by atoms with E-state index in [4.69, 9.17) is 27.9 Å². The fraction of sp³-hybridized carbons (Fsp3) is 0.462. The number of halogens is 2. The number of rotatable bonds is 3. The Kier molecular flexibility index (Phi) is 5.03. The number of morpholine rings is 1. The van der Waals surface area contributed by atoms with Gasteiger partial charge >= 0.3 is 0 Å². The molecule has 8 heteroatoms. The Bertz CT molecular complexity index is 580. The number of hydrogen-bond donors (Lipinski definition) is 0. The van der Waals surface area contributed by atoms with Crippen LogP contribution in [0.5, 0.6) is 0 Å². The number of nitrogens with zero attached hydrogens (tertiary/aromatic N) is 2. The van der Waals surface area contributed by atoms with Crippen LogP contribution in [0.3, 0.4) is 0 Å². The molecule has 0 radical (unpaired) electrons. The number of hydrogen-bond acceptors (Lipinski definition) is 4. The topological polar surface area (TPSA) is 72.7 Å². The summed E-state index contributed by atoms with van der Waals surface area (Å²) in [6, 6.07) is 2.52. The molecule has 2 rings (SSSR count). The minimum atomic E-state index is -0.654. The van der Waals surface area contributed by atoms with Crippen LogP contribution in [0.1, 0.15) is 23.7 Å². The van der Waals surface area contributed by atoms with Gasteiger partial charge in [-0.15, -0.1) is 0 Å². The van der Waals surface area contributed by atoms with Crippen molar-refractivity contribution in [2.45, 2.75) is 19.4 Å². The summed E-state index contributed by atoms with van der Waals surface area (Å²) in [4.78, 5) is 24.3. The zero-order valence-electron chi connectivity index (χ0n) is 11.3. The molecule has 1 atom stereocenters. The van der Waals surface area contributed by atoms with Crippen molar-refractivity contribution >= 4 is 34.8 Å². The number of amides is 1. The fourth-order valence-electron chi connectivity index (χ4n) is 2.16. The maximum Gasteiger partial charge on any atom is 0.290 e. The molecule has 1 aromatic rings. The van der Waals surface area contributed by atoms with Gasteiger partial charge in [0.15, 0.2) is 0 Å². The van der Waals surface area contributed by atoms with Gasteiger partial charge in [-0.3, -0.25) is 14.9 Å². The maximum absolute atomic E-state index is 12.4. The Morgan fingerprint density at radius 1 is 1.52 bits per heavy atom. The average molecular weight is 333 g/mol. The molecular formula is C13H14Cl2N2O4. The summed E-state index contributed by atoms with van der Waals surface area (Å²) in [5.41, 5.74) is -0.208. The molecule has 21 heavy (non-hydrogen) atoms. The zero-order valence-corrected chi connectivity index (χ0v) is 12.9. The SMILES string of the molecule is CCC1CN(C(=O)c2cc(Cl)c(Cl)c([N+](=O)[O-])c2)CCO1. The van der Waals surface area contributed by atoms with Crippen LogP contribution in [-0.4, -0.2) is 41.5 Å². The van der Waals surface area contributed by atoms with Crippen LogP contribution >= 0.6 is 23.2 Å². The number of nitro benzene ring substituents is 1. The second-order valence-corrected chi connectivity index (χ2v) is 5.49. The van der Waals surface area contributed by atoms with Crippen molar-refractivity contribution < 1.29 is 14.5 Å². The molecule has 1 aliphatic rings. The molecule has 0 bridgehead atoms. The van der Waals surface area contributed by atoms with Gasteiger partial charge in [0.05, 0.1) is 22.7 Å². The summed E-state index contributed by atoms with van der Waals surface area (Å²) in [5.74, 6) is -0.307. The van der Waals surface area contributed by atoms with Crippen molar-refractivity contribution in [2.75, 3.05) is 19.7 Å². The second-order valence-electron chi connectivity index (χ2n) is 4.70. The summed E-state index contributed by atoms with van der Waals surface area (Å²) < 4.78 is 5.50. The van der Waals surface area contributed by atoms with E-state index in [1.165, 1.54) is 6.07 Å². The number of carbonyl (C=O) groups excluding carboxylic acids is 1. The lowest BCUT2D eigenvalue weighted by atomic mass is 10.1. The monoisotopic (exact) mass is 332 g/mol. The van der Waals surface area contributed by atoms with Gasteiger partial charge in [0.25, 0.3) is 11.6 Å². The van der Waals surface area contributed by atoms with Gasteiger partial charge in [-0.25, -0.2) is 0 Å². The van der Waals surface area contributed by atoms with Gasteiger partial charge in [0.2, 0.25) is 0 Å². The third-order valence-corrected chi connectivity index (χ3v) is 4.13. The third-order valence-electron chi connectivity index (χ3n) is 3.33. The lowest BCUT2D eigenvalue weighted by molar-refractivity contribution is -0.384. The molecule has 1 saturated heterocycles. The Balaban J connectivity index is 2.29. The van der Waals surface area contributed by atoms with E-state index in [0.717, 1.165) is 12.5 Å². The molecule has 6 nitrogen and oxygen atoms in total. The minimum absolute atomic E-state index is 0.00508. The van der Waals surface area contributed by atoms with Crippen LogP contribution in [0.4, 0.5) is 5.69 Å². The standard InChI is InChI=1S/C13H14Cl2N2O4/c1-2-9-7-16(3-4-21-9)13(18)8-5-10(14)12(15)11(6-8)17(19)20/h5-6,9H,2-4,7H2,1H3. The van der Waals surface area contributed by atoms with E-state index in [1.54, 1.807) is 4.90 Å². The lowest BCUT2D eigenvalue weighted by Crippen LogP contribution is -2.45. The van der Waals surface area contributed by atoms with E-state index in [9.17, 15) is 14.9 Å². The van der Waals surface area contributed by atoms with Gasteiger partial charge in [-0.05, 0) is 12.5 Å². The van der Waals surface area contributed by atoms with E-state index in [2.05, 4.69) is 0 Å². The molecule has 0 saturated carbocycles. The first kappa shape index (κ1) is 16.0. The highest BCUT2D eigenvalue weighted by Crippen LogP contribution is 2.33. The number of nitro groups is 1. The molecule has 1 aliphatic heterocycles. The molecule has 1 aromatic carbocycles. The van der Waals surface area contributed by atoms with Crippen LogP contribution in [-0.2, 0) is 4.74 Å². The van der Waals surface area contributed by atoms with Crippen molar-refractivity contribution in [1.82, 2.24) is 4.90 Å². The Hall–Kier alpha value is -1.37. The predicted molar refractivity (Wildman–Crippen MR) is 79.1 cm³/mol. The van der Waals surface area contributed by atoms with E-state index in [-0.39, 0.29) is 33.3 Å². The summed E-state index contributed by atoms with van der Waals surface area (Å²) in [6.07, 6.45) is 0.783. The highest BCUT2D eigenvalue weighted by molar-refractivity contribution is 6.43. The van der Waals surface area contributed by atoms with Gasteiger partial charge in [0.1, 0.15) is 5.02 Å². The largest absolute Gasteiger partial charge is 0.375 e. The van der Waals surface area contributed by atoms with Crippen molar-refractivity contribution in [3.05, 3.63) is 37.9 Å². The first-order valence-corrected chi connectivity index (χ1v) is 7.24. The van der Waals surface area contributed by atoms with E-state index in [1.807, 2.05) is 6.92 Å².